The van der Waals surface area contributed by atoms with Crippen molar-refractivity contribution in [1.82, 2.24) is 30.2 Å². The van der Waals surface area contributed by atoms with E-state index in [0.717, 1.165) is 32.1 Å². The summed E-state index contributed by atoms with van der Waals surface area (Å²) in [7, 11) is -2.33. The Morgan fingerprint density at radius 3 is 2.51 bits per heavy atom. The number of ether oxygens (including phenoxy) is 3. The van der Waals surface area contributed by atoms with E-state index in [1.54, 1.807) is 13.2 Å². The van der Waals surface area contributed by atoms with Gasteiger partial charge in [-0.15, -0.1) is 6.58 Å². The number of carbonyl (C=O) groups is 4. The summed E-state index contributed by atoms with van der Waals surface area (Å²) in [5.41, 5.74) is -0.451. The number of hydrogen-bond acceptors (Lipinski definition) is 11. The van der Waals surface area contributed by atoms with Crippen molar-refractivity contribution in [2.24, 2.45) is 17.3 Å². The van der Waals surface area contributed by atoms with Gasteiger partial charge in [0.25, 0.3) is 5.91 Å². The van der Waals surface area contributed by atoms with Gasteiger partial charge in [0.2, 0.25) is 27.7 Å². The molecule has 3 heterocycles. The van der Waals surface area contributed by atoms with Crippen LogP contribution in [0.5, 0.6) is 11.6 Å². The molecule has 0 spiro atoms. The highest BCUT2D eigenvalue weighted by atomic mass is 32.2. The predicted octanol–water partition coefficient (Wildman–Crippen LogP) is 2.48. The third-order valence-electron chi connectivity index (χ3n) is 11.3. The molecule has 2 aliphatic heterocycles. The van der Waals surface area contributed by atoms with E-state index >= 15 is 0 Å². The summed E-state index contributed by atoms with van der Waals surface area (Å²) in [5.74, 6) is -1.39. The van der Waals surface area contributed by atoms with Crippen molar-refractivity contribution in [2.45, 2.75) is 120 Å². The summed E-state index contributed by atoms with van der Waals surface area (Å²) in [4.78, 5) is 66.8. The molecule has 300 valence electrons. The van der Waals surface area contributed by atoms with Crippen LogP contribution in [0.3, 0.4) is 0 Å². The second-order valence-corrected chi connectivity index (χ2v) is 18.4. The Kier molecular flexibility index (Phi) is 11.1. The van der Waals surface area contributed by atoms with Gasteiger partial charge in [0.15, 0.2) is 0 Å². The van der Waals surface area contributed by atoms with Crippen LogP contribution >= 0.6 is 0 Å². The van der Waals surface area contributed by atoms with Crippen molar-refractivity contribution < 1.29 is 47.3 Å². The molecule has 1 saturated heterocycles. The SMILES string of the molecule is C=C[C@@H]1C[C@]1(NC(=O)C1CC2CN1C(=O)C(C(C)(C)C)NC(=O)OC1C[C@H]1CCCCCc1nc3ccc(OC)cc3nc1O2)C(=O)NS(=O)(=O)C1CC1.O. The number of aryl methyl sites for hydroxylation is 1. The minimum Gasteiger partial charge on any atom is -0.497 e. The number of methoxy groups -OCH3 is 1. The van der Waals surface area contributed by atoms with E-state index in [1.165, 1.54) is 11.0 Å². The standard InChI is InChI=1S/C38H50N6O9S.H2O/c1-6-22-19-38(22,35(47)43-54(49,50)25-13-14-25)42-32(45)29-18-24-20-44(29)34(46)31(37(2,3)4)41-36(48)53-30-16-21(30)10-8-7-9-11-27-33(52-24)40-28-17-23(51-5)12-15-26(28)39-27;/h6,12,15,17,21-22,24-25,29-31H,1,7-11,13-14,16,18-20H2,2-5H3,(H,41,48)(H,42,45)(H,43,47);1H2/t21-,22-,24?,29?,30?,31?,38-;/m1./s1. The normalized spacial score (nSPS) is 29.7. The van der Waals surface area contributed by atoms with E-state index in [4.69, 9.17) is 24.2 Å². The smallest absolute Gasteiger partial charge is 0.408 e. The lowest BCUT2D eigenvalue weighted by Gasteiger charge is -2.35. The third kappa shape index (κ3) is 8.52. The Labute approximate surface area is 320 Å². The molecular formula is C38H52N6O10S. The molecule has 0 radical (unpaired) electrons. The summed E-state index contributed by atoms with van der Waals surface area (Å²) >= 11 is 0. The molecule has 3 aliphatic carbocycles. The summed E-state index contributed by atoms with van der Waals surface area (Å²) in [5, 5.41) is 4.96. The molecule has 2 aromatic rings. The lowest BCUT2D eigenvalue weighted by Crippen LogP contribution is -2.60. The maximum absolute atomic E-state index is 14.6. The molecule has 17 heteroatoms. The maximum atomic E-state index is 14.6. The molecule has 4 fully saturated rings. The number of alkyl carbamates (subject to hydrolysis) is 1. The third-order valence-corrected chi connectivity index (χ3v) is 13.1. The van der Waals surface area contributed by atoms with E-state index in [1.807, 2.05) is 32.9 Å². The van der Waals surface area contributed by atoms with Crippen LogP contribution in [-0.2, 0) is 35.6 Å². The van der Waals surface area contributed by atoms with Gasteiger partial charge >= 0.3 is 6.09 Å². The van der Waals surface area contributed by atoms with Gasteiger partial charge in [-0.25, -0.2) is 23.2 Å². The summed E-state index contributed by atoms with van der Waals surface area (Å²) < 4.78 is 45.3. The zero-order valence-corrected chi connectivity index (χ0v) is 32.6. The molecule has 1 aromatic carbocycles. The molecule has 7 rings (SSSR count). The largest absolute Gasteiger partial charge is 0.497 e. The zero-order valence-electron chi connectivity index (χ0n) is 31.8. The molecular weight excluding hydrogens is 733 g/mol. The van der Waals surface area contributed by atoms with E-state index in [2.05, 4.69) is 21.9 Å². The number of carbonyl (C=O) groups excluding carboxylic acids is 4. The van der Waals surface area contributed by atoms with Gasteiger partial charge < -0.3 is 35.2 Å². The first-order valence-electron chi connectivity index (χ1n) is 18.9. The highest BCUT2D eigenvalue weighted by Crippen LogP contribution is 2.46. The lowest BCUT2D eigenvalue weighted by molar-refractivity contribution is -0.142. The Balaban J connectivity index is 0.00000514. The maximum Gasteiger partial charge on any atom is 0.408 e. The highest BCUT2D eigenvalue weighted by Gasteiger charge is 2.62. The van der Waals surface area contributed by atoms with Gasteiger partial charge in [0.1, 0.15) is 41.3 Å². The average Bonchev–Trinajstić information content (AvgIpc) is 4.04. The summed E-state index contributed by atoms with van der Waals surface area (Å²) in [6.45, 7) is 9.18. The number of rotatable bonds is 7. The van der Waals surface area contributed by atoms with Gasteiger partial charge in [0.05, 0.1) is 29.9 Å². The van der Waals surface area contributed by atoms with E-state index in [9.17, 15) is 27.6 Å². The Morgan fingerprint density at radius 2 is 1.84 bits per heavy atom. The fourth-order valence-corrected chi connectivity index (χ4v) is 9.00. The second kappa shape index (κ2) is 15.2. The van der Waals surface area contributed by atoms with Gasteiger partial charge in [-0.3, -0.25) is 19.1 Å². The average molecular weight is 785 g/mol. The van der Waals surface area contributed by atoms with Crippen molar-refractivity contribution in [3.8, 4) is 11.6 Å². The molecule has 16 nitrogen and oxygen atoms in total. The number of amides is 4. The monoisotopic (exact) mass is 784 g/mol. The summed E-state index contributed by atoms with van der Waals surface area (Å²) in [6.07, 6.45) is 5.93. The van der Waals surface area contributed by atoms with Gasteiger partial charge in [0, 0.05) is 18.4 Å². The zero-order chi connectivity index (χ0) is 38.6. The van der Waals surface area contributed by atoms with Crippen molar-refractivity contribution in [3.05, 3.63) is 36.5 Å². The summed E-state index contributed by atoms with van der Waals surface area (Å²) in [6, 6.07) is 3.20. The molecule has 4 amide bonds. The lowest BCUT2D eigenvalue weighted by atomic mass is 9.85. The number of hydrogen-bond donors (Lipinski definition) is 3. The van der Waals surface area contributed by atoms with Crippen LogP contribution in [0, 0.1) is 17.3 Å². The van der Waals surface area contributed by atoms with Crippen LogP contribution in [-0.4, -0.2) is 101 Å². The Morgan fingerprint density at radius 1 is 1.07 bits per heavy atom. The van der Waals surface area contributed by atoms with Crippen molar-refractivity contribution in [3.63, 3.8) is 0 Å². The molecule has 55 heavy (non-hydrogen) atoms. The first-order chi connectivity index (χ1) is 25.6. The minimum absolute atomic E-state index is 0. The van der Waals surface area contributed by atoms with E-state index < -0.39 is 74.1 Å². The fourth-order valence-electron chi connectivity index (χ4n) is 7.64. The van der Waals surface area contributed by atoms with Crippen LogP contribution in [0.2, 0.25) is 0 Å². The fraction of sp³-hybridized carbons (Fsp3) is 0.632. The van der Waals surface area contributed by atoms with E-state index in [0.29, 0.717) is 47.6 Å². The number of aromatic nitrogens is 2. The molecule has 5 N–H and O–H groups in total. The molecule has 3 saturated carbocycles. The molecule has 7 atom stereocenters. The Bertz CT molecular complexity index is 1970. The van der Waals surface area contributed by atoms with Crippen molar-refractivity contribution in [2.75, 3.05) is 13.7 Å². The molecule has 4 unspecified atom stereocenters. The number of benzene rings is 1. The van der Waals surface area contributed by atoms with Crippen LogP contribution in [0.25, 0.3) is 11.0 Å². The molecule has 2 bridgehead atoms. The quantitative estimate of drug-likeness (QED) is 0.346. The molecule has 5 aliphatic rings. The minimum atomic E-state index is -3.90. The van der Waals surface area contributed by atoms with Crippen LogP contribution in [0.4, 0.5) is 4.79 Å². The van der Waals surface area contributed by atoms with E-state index in [-0.39, 0.29) is 36.9 Å². The van der Waals surface area contributed by atoms with Gasteiger partial charge in [-0.05, 0) is 68.4 Å². The first kappa shape index (κ1) is 40.2. The number of nitrogens with zero attached hydrogens (tertiary/aromatic N) is 3. The van der Waals surface area contributed by atoms with Crippen molar-refractivity contribution >= 4 is 44.9 Å². The first-order valence-corrected chi connectivity index (χ1v) is 20.5. The van der Waals surface area contributed by atoms with Gasteiger partial charge in [-0.1, -0.05) is 39.7 Å². The number of nitrogens with one attached hydrogen (secondary N) is 3. The second-order valence-electron chi connectivity index (χ2n) is 16.5. The van der Waals surface area contributed by atoms with Crippen LogP contribution in [0.1, 0.15) is 84.3 Å². The highest BCUT2D eigenvalue weighted by molar-refractivity contribution is 7.91. The predicted molar refractivity (Wildman–Crippen MR) is 200 cm³/mol. The Hall–Kier alpha value is -4.51. The molecule has 1 aromatic heterocycles. The van der Waals surface area contributed by atoms with Crippen molar-refractivity contribution in [1.29, 1.82) is 0 Å². The number of fused-ring (bicyclic) bond motifs is 5. The van der Waals surface area contributed by atoms with Crippen LogP contribution < -0.4 is 24.8 Å². The topological polar surface area (TPSA) is 227 Å². The van der Waals surface area contributed by atoms with Gasteiger partial charge in [-0.2, -0.15) is 0 Å². The van der Waals surface area contributed by atoms with Crippen LogP contribution in [0.15, 0.2) is 30.9 Å². The number of sulfonamides is 1.